The van der Waals surface area contributed by atoms with Gasteiger partial charge in [0.15, 0.2) is 17.2 Å². The molecule has 154 valence electrons. The SMILES string of the molecule is CNC(=O)c1c(OC(C)CN2CCCCC2)c(OC)c2oc(N)cc2c1OC. The summed E-state index contributed by atoms with van der Waals surface area (Å²) >= 11 is 0. The van der Waals surface area contributed by atoms with Gasteiger partial charge in [-0.3, -0.25) is 9.69 Å². The predicted octanol–water partition coefficient (Wildman–Crippen LogP) is 2.65. The Morgan fingerprint density at radius 3 is 2.50 bits per heavy atom. The third kappa shape index (κ3) is 3.82. The van der Waals surface area contributed by atoms with Gasteiger partial charge in [-0.2, -0.15) is 0 Å². The van der Waals surface area contributed by atoms with Gasteiger partial charge >= 0.3 is 0 Å². The van der Waals surface area contributed by atoms with Crippen molar-refractivity contribution in [2.24, 2.45) is 0 Å². The summed E-state index contributed by atoms with van der Waals surface area (Å²) in [6.07, 6.45) is 3.51. The van der Waals surface area contributed by atoms with Gasteiger partial charge in [-0.05, 0) is 32.9 Å². The van der Waals surface area contributed by atoms with Crippen LogP contribution in [0, 0.1) is 0 Å². The number of amides is 1. The Labute approximate surface area is 164 Å². The molecule has 1 aliphatic heterocycles. The van der Waals surface area contributed by atoms with E-state index >= 15 is 0 Å². The Balaban J connectivity index is 2.06. The van der Waals surface area contributed by atoms with E-state index in [1.165, 1.54) is 33.5 Å². The van der Waals surface area contributed by atoms with Crippen molar-refractivity contribution in [2.45, 2.75) is 32.3 Å². The van der Waals surface area contributed by atoms with Gasteiger partial charge in [0.2, 0.25) is 5.75 Å². The predicted molar refractivity (Wildman–Crippen MR) is 108 cm³/mol. The molecule has 3 rings (SSSR count). The Morgan fingerprint density at radius 2 is 1.89 bits per heavy atom. The number of rotatable bonds is 7. The zero-order valence-corrected chi connectivity index (χ0v) is 17.0. The minimum Gasteiger partial charge on any atom is -0.495 e. The fraction of sp³-hybridized carbons (Fsp3) is 0.550. The first kappa shape index (κ1) is 20.1. The maximum absolute atomic E-state index is 12.7. The zero-order valence-electron chi connectivity index (χ0n) is 17.0. The summed E-state index contributed by atoms with van der Waals surface area (Å²) in [5, 5.41) is 3.21. The largest absolute Gasteiger partial charge is 0.495 e. The molecule has 2 heterocycles. The van der Waals surface area contributed by atoms with Crippen molar-refractivity contribution in [2.75, 3.05) is 46.6 Å². The normalized spacial score (nSPS) is 16.0. The molecule has 1 aliphatic rings. The second-order valence-corrected chi connectivity index (χ2v) is 7.03. The monoisotopic (exact) mass is 391 g/mol. The minimum absolute atomic E-state index is 0.162. The van der Waals surface area contributed by atoms with Crippen molar-refractivity contribution in [1.29, 1.82) is 0 Å². The number of fused-ring (bicyclic) bond motifs is 1. The van der Waals surface area contributed by atoms with Gasteiger partial charge in [0.25, 0.3) is 5.91 Å². The molecule has 0 radical (unpaired) electrons. The molecule has 0 aliphatic carbocycles. The number of anilines is 1. The standard InChI is InChI=1S/C20H29N3O5/c1-12(11-23-8-6-5-7-9-23)27-18-15(20(24)22-2)16(25-3)13-10-14(21)28-17(13)19(18)26-4/h10,12H,5-9,11,21H2,1-4H3,(H,22,24). The molecule has 28 heavy (non-hydrogen) atoms. The minimum atomic E-state index is -0.336. The molecule has 1 aromatic carbocycles. The fourth-order valence-electron chi connectivity index (χ4n) is 3.79. The number of nitrogens with zero attached hydrogens (tertiary/aromatic N) is 1. The topological polar surface area (TPSA) is 99.2 Å². The molecule has 1 aromatic heterocycles. The average Bonchev–Trinajstić information content (AvgIpc) is 3.07. The molecular formula is C20H29N3O5. The van der Waals surface area contributed by atoms with Crippen LogP contribution in [0.15, 0.2) is 10.5 Å². The van der Waals surface area contributed by atoms with Gasteiger partial charge in [0, 0.05) is 19.7 Å². The van der Waals surface area contributed by atoms with Crippen LogP contribution in [0.3, 0.4) is 0 Å². The number of benzene rings is 1. The van der Waals surface area contributed by atoms with Crippen LogP contribution in [-0.4, -0.2) is 57.8 Å². The third-order valence-electron chi connectivity index (χ3n) is 5.01. The molecule has 1 fully saturated rings. The summed E-state index contributed by atoms with van der Waals surface area (Å²) < 4.78 is 23.0. The summed E-state index contributed by atoms with van der Waals surface area (Å²) in [6, 6.07) is 1.62. The van der Waals surface area contributed by atoms with E-state index in [0.29, 0.717) is 28.2 Å². The maximum atomic E-state index is 12.7. The van der Waals surface area contributed by atoms with Crippen LogP contribution < -0.4 is 25.3 Å². The number of hydrogen-bond acceptors (Lipinski definition) is 7. The summed E-state index contributed by atoms with van der Waals surface area (Å²) in [6.45, 7) is 4.86. The first-order chi connectivity index (χ1) is 13.5. The number of nitrogens with one attached hydrogen (secondary N) is 1. The highest BCUT2D eigenvalue weighted by Gasteiger charge is 2.30. The van der Waals surface area contributed by atoms with Gasteiger partial charge in [-0.1, -0.05) is 6.42 Å². The van der Waals surface area contributed by atoms with Crippen molar-refractivity contribution < 1.29 is 23.4 Å². The number of furan rings is 1. The number of carbonyl (C=O) groups excluding carboxylic acids is 1. The third-order valence-corrected chi connectivity index (χ3v) is 5.01. The van der Waals surface area contributed by atoms with Crippen molar-refractivity contribution >= 4 is 22.8 Å². The number of likely N-dealkylation sites (tertiary alicyclic amines) is 1. The zero-order chi connectivity index (χ0) is 20.3. The molecule has 1 saturated heterocycles. The Hall–Kier alpha value is -2.61. The molecule has 2 aromatic rings. The molecule has 0 bridgehead atoms. The molecular weight excluding hydrogens is 362 g/mol. The van der Waals surface area contributed by atoms with Crippen LogP contribution in [-0.2, 0) is 0 Å². The van der Waals surface area contributed by atoms with Crippen LogP contribution in [0.1, 0.15) is 36.5 Å². The van der Waals surface area contributed by atoms with E-state index in [4.69, 9.17) is 24.4 Å². The number of nitrogens with two attached hydrogens (primary N) is 1. The van der Waals surface area contributed by atoms with E-state index in [9.17, 15) is 4.79 Å². The Bertz CT molecular complexity index is 842. The second kappa shape index (κ2) is 8.60. The molecule has 8 nitrogen and oxygen atoms in total. The van der Waals surface area contributed by atoms with E-state index in [0.717, 1.165) is 19.6 Å². The van der Waals surface area contributed by atoms with E-state index < -0.39 is 0 Å². The van der Waals surface area contributed by atoms with E-state index in [1.54, 1.807) is 13.1 Å². The quantitative estimate of drug-likeness (QED) is 0.748. The molecule has 1 atom stereocenters. The lowest BCUT2D eigenvalue weighted by atomic mass is 10.1. The smallest absolute Gasteiger partial charge is 0.258 e. The lowest BCUT2D eigenvalue weighted by molar-refractivity contribution is 0.0943. The van der Waals surface area contributed by atoms with Crippen LogP contribution in [0.2, 0.25) is 0 Å². The number of piperidine rings is 1. The second-order valence-electron chi connectivity index (χ2n) is 7.03. The van der Waals surface area contributed by atoms with Crippen LogP contribution in [0.5, 0.6) is 17.2 Å². The lowest BCUT2D eigenvalue weighted by Gasteiger charge is -2.30. The number of ether oxygens (including phenoxy) is 3. The van der Waals surface area contributed by atoms with Gasteiger partial charge in [0.1, 0.15) is 17.4 Å². The van der Waals surface area contributed by atoms with Crippen molar-refractivity contribution in [3.05, 3.63) is 11.6 Å². The van der Waals surface area contributed by atoms with Crippen LogP contribution >= 0.6 is 0 Å². The first-order valence-corrected chi connectivity index (χ1v) is 9.58. The first-order valence-electron chi connectivity index (χ1n) is 9.58. The van der Waals surface area contributed by atoms with Crippen molar-refractivity contribution in [3.63, 3.8) is 0 Å². The molecule has 1 amide bonds. The maximum Gasteiger partial charge on any atom is 0.258 e. The molecule has 0 saturated carbocycles. The summed E-state index contributed by atoms with van der Waals surface area (Å²) in [5.74, 6) is 0.836. The van der Waals surface area contributed by atoms with Gasteiger partial charge in [-0.15, -0.1) is 0 Å². The highest BCUT2D eigenvalue weighted by Crippen LogP contribution is 2.47. The van der Waals surface area contributed by atoms with E-state index in [2.05, 4.69) is 10.2 Å². The van der Waals surface area contributed by atoms with Crippen LogP contribution in [0.4, 0.5) is 5.88 Å². The molecule has 8 heteroatoms. The van der Waals surface area contributed by atoms with E-state index in [-0.39, 0.29) is 23.5 Å². The number of nitrogen functional groups attached to an aromatic ring is 1. The Morgan fingerprint density at radius 1 is 1.21 bits per heavy atom. The number of methoxy groups -OCH3 is 2. The fourth-order valence-corrected chi connectivity index (χ4v) is 3.79. The van der Waals surface area contributed by atoms with Crippen molar-refractivity contribution in [3.8, 4) is 17.2 Å². The Kier molecular flexibility index (Phi) is 6.18. The van der Waals surface area contributed by atoms with Crippen LogP contribution in [0.25, 0.3) is 11.0 Å². The van der Waals surface area contributed by atoms with Gasteiger partial charge in [-0.25, -0.2) is 0 Å². The highest BCUT2D eigenvalue weighted by molar-refractivity contribution is 6.08. The molecule has 0 spiro atoms. The lowest BCUT2D eigenvalue weighted by Crippen LogP contribution is -2.37. The van der Waals surface area contributed by atoms with Gasteiger partial charge in [0.05, 0.1) is 19.6 Å². The van der Waals surface area contributed by atoms with Gasteiger partial charge < -0.3 is 29.7 Å². The average molecular weight is 391 g/mol. The highest BCUT2D eigenvalue weighted by atomic mass is 16.5. The summed E-state index contributed by atoms with van der Waals surface area (Å²) in [5.41, 5.74) is 6.50. The summed E-state index contributed by atoms with van der Waals surface area (Å²) in [4.78, 5) is 15.1. The van der Waals surface area contributed by atoms with E-state index in [1.807, 2.05) is 6.92 Å². The number of carbonyl (C=O) groups is 1. The molecule has 1 unspecified atom stereocenters. The number of hydrogen-bond donors (Lipinski definition) is 2. The van der Waals surface area contributed by atoms with Crippen molar-refractivity contribution in [1.82, 2.24) is 10.2 Å². The summed E-state index contributed by atoms with van der Waals surface area (Å²) in [7, 11) is 4.57. The molecule has 3 N–H and O–H groups in total.